The van der Waals surface area contributed by atoms with Gasteiger partial charge in [-0.05, 0) is 18.6 Å². The number of benzene rings is 2. The summed E-state index contributed by atoms with van der Waals surface area (Å²) in [4.78, 5) is 24.7. The quantitative estimate of drug-likeness (QED) is 0.727. The fourth-order valence-electron chi connectivity index (χ4n) is 2.30. The molecule has 25 heavy (non-hydrogen) atoms. The molecule has 1 atom stereocenters. The van der Waals surface area contributed by atoms with Gasteiger partial charge in [-0.3, -0.25) is 14.3 Å². The number of nitrogens with one attached hydrogen (secondary N) is 1. The van der Waals surface area contributed by atoms with E-state index in [-0.39, 0.29) is 18.1 Å². The minimum atomic E-state index is -3.74. The highest BCUT2D eigenvalue weighted by Crippen LogP contribution is 2.19. The molecule has 0 radical (unpaired) electrons. The first-order chi connectivity index (χ1) is 11.8. The van der Waals surface area contributed by atoms with Gasteiger partial charge in [-0.15, -0.1) is 0 Å². The highest BCUT2D eigenvalue weighted by molar-refractivity contribution is 7.90. The molecule has 0 saturated heterocycles. The number of carbonyl (C=O) groups excluding carboxylic acids is 2. The van der Waals surface area contributed by atoms with Gasteiger partial charge in [0.15, 0.2) is 5.78 Å². The maximum atomic E-state index is 12.5. The Labute approximate surface area is 147 Å². The highest BCUT2D eigenvalue weighted by Gasteiger charge is 2.21. The van der Waals surface area contributed by atoms with Crippen LogP contribution in [0.2, 0.25) is 0 Å². The number of amides is 1. The van der Waals surface area contributed by atoms with E-state index in [1.54, 1.807) is 55.5 Å². The molecule has 132 valence electrons. The van der Waals surface area contributed by atoms with Gasteiger partial charge in [0.25, 0.3) is 0 Å². The largest absolute Gasteiger partial charge is 0.329 e. The van der Waals surface area contributed by atoms with Gasteiger partial charge in [-0.1, -0.05) is 48.5 Å². The lowest BCUT2D eigenvalue weighted by Gasteiger charge is -2.13. The van der Waals surface area contributed by atoms with E-state index in [9.17, 15) is 18.0 Å². The van der Waals surface area contributed by atoms with Crippen molar-refractivity contribution in [2.24, 2.45) is 5.73 Å². The van der Waals surface area contributed by atoms with Gasteiger partial charge in [0.2, 0.25) is 15.9 Å². The third-order valence-corrected chi connectivity index (χ3v) is 5.01. The van der Waals surface area contributed by atoms with Crippen LogP contribution in [-0.2, 0) is 14.8 Å². The van der Waals surface area contributed by atoms with Gasteiger partial charge in [-0.25, -0.2) is 8.42 Å². The Kier molecular flexibility index (Phi) is 6.06. The van der Waals surface area contributed by atoms with Crippen LogP contribution in [0.25, 0.3) is 0 Å². The van der Waals surface area contributed by atoms with Crippen molar-refractivity contribution < 1.29 is 18.0 Å². The maximum absolute atomic E-state index is 12.5. The molecular weight excluding hydrogens is 340 g/mol. The second kappa shape index (κ2) is 8.04. The molecule has 2 aromatic carbocycles. The average Bonchev–Trinajstić information content (AvgIpc) is 2.60. The van der Waals surface area contributed by atoms with Gasteiger partial charge < -0.3 is 5.73 Å². The van der Waals surface area contributed by atoms with Crippen LogP contribution in [0.3, 0.4) is 0 Å². The van der Waals surface area contributed by atoms with Crippen molar-refractivity contribution in [2.75, 3.05) is 12.3 Å². The minimum Gasteiger partial charge on any atom is -0.329 e. The lowest BCUT2D eigenvalue weighted by Crippen LogP contribution is -2.37. The van der Waals surface area contributed by atoms with E-state index in [1.807, 2.05) is 10.8 Å². The number of hydrogen-bond donors (Lipinski definition) is 2. The lowest BCUT2D eigenvalue weighted by molar-refractivity contribution is -0.120. The Bertz CT molecular complexity index is 864. The third-order valence-electron chi connectivity index (χ3n) is 3.72. The smallest absolute Gasteiger partial charge is 0.240 e. The van der Waals surface area contributed by atoms with Crippen LogP contribution in [0, 0.1) is 0 Å². The van der Waals surface area contributed by atoms with Crippen LogP contribution < -0.4 is 10.5 Å². The molecule has 0 bridgehead atoms. The van der Waals surface area contributed by atoms with Crippen molar-refractivity contribution in [3.63, 3.8) is 0 Å². The van der Waals surface area contributed by atoms with Gasteiger partial charge in [-0.2, -0.15) is 0 Å². The van der Waals surface area contributed by atoms with E-state index in [2.05, 4.69) is 0 Å². The van der Waals surface area contributed by atoms with Gasteiger partial charge in [0.1, 0.15) is 0 Å². The van der Waals surface area contributed by atoms with Crippen molar-refractivity contribution in [3.05, 3.63) is 71.3 Å². The number of sulfonamides is 1. The zero-order valence-electron chi connectivity index (χ0n) is 13.8. The van der Waals surface area contributed by atoms with Crippen LogP contribution >= 0.6 is 0 Å². The fourth-order valence-corrected chi connectivity index (χ4v) is 3.20. The second-order valence-corrected chi connectivity index (χ2v) is 7.46. The molecule has 3 N–H and O–H groups in total. The van der Waals surface area contributed by atoms with E-state index >= 15 is 0 Å². The minimum absolute atomic E-state index is 0.0714. The molecule has 0 heterocycles. The van der Waals surface area contributed by atoms with Crippen molar-refractivity contribution in [1.82, 2.24) is 4.72 Å². The first kappa shape index (κ1) is 18.8. The second-order valence-electron chi connectivity index (χ2n) is 5.62. The summed E-state index contributed by atoms with van der Waals surface area (Å²) in [5.41, 5.74) is 6.76. The number of nitrogens with two attached hydrogens (primary N) is 1. The van der Waals surface area contributed by atoms with E-state index in [1.165, 1.54) is 0 Å². The Morgan fingerprint density at radius 2 is 1.68 bits per heavy atom. The summed E-state index contributed by atoms with van der Waals surface area (Å²) in [5, 5.41) is 0. The molecule has 0 aliphatic carbocycles. The van der Waals surface area contributed by atoms with Crippen LogP contribution in [0.5, 0.6) is 0 Å². The first-order valence-corrected chi connectivity index (χ1v) is 9.43. The molecule has 0 aromatic heterocycles. The van der Waals surface area contributed by atoms with E-state index in [0.29, 0.717) is 16.7 Å². The summed E-state index contributed by atoms with van der Waals surface area (Å²) in [6.07, 6.45) is 0. The summed E-state index contributed by atoms with van der Waals surface area (Å²) >= 11 is 0. The molecule has 0 aliphatic heterocycles. The molecule has 0 saturated carbocycles. The zero-order chi connectivity index (χ0) is 18.4. The van der Waals surface area contributed by atoms with Gasteiger partial charge >= 0.3 is 0 Å². The summed E-state index contributed by atoms with van der Waals surface area (Å²) in [6.45, 7) is 1.51. The molecule has 2 rings (SSSR count). The first-order valence-electron chi connectivity index (χ1n) is 7.78. The molecular formula is C18H20N2O4S. The Morgan fingerprint density at radius 1 is 1.04 bits per heavy atom. The normalized spacial score (nSPS) is 12.4. The molecule has 6 nitrogen and oxygen atoms in total. The van der Waals surface area contributed by atoms with E-state index < -0.39 is 21.8 Å². The zero-order valence-corrected chi connectivity index (χ0v) is 14.6. The summed E-state index contributed by atoms with van der Waals surface area (Å²) < 4.78 is 25.3. The molecule has 0 spiro atoms. The predicted octanol–water partition coefficient (Wildman–Crippen LogP) is 1.43. The summed E-state index contributed by atoms with van der Waals surface area (Å²) in [5.74, 6) is -1.86. The SMILES string of the molecule is CC(C(=O)NS(=O)(=O)CCN)c1cccc(C(=O)c2ccccc2)c1. The van der Waals surface area contributed by atoms with Crippen molar-refractivity contribution in [3.8, 4) is 0 Å². The summed E-state index contributed by atoms with van der Waals surface area (Å²) in [6, 6.07) is 15.4. The Morgan fingerprint density at radius 3 is 2.32 bits per heavy atom. The van der Waals surface area contributed by atoms with Crippen molar-refractivity contribution >= 4 is 21.7 Å². The number of carbonyl (C=O) groups is 2. The predicted molar refractivity (Wildman–Crippen MR) is 95.7 cm³/mol. The van der Waals surface area contributed by atoms with Crippen molar-refractivity contribution in [1.29, 1.82) is 0 Å². The topological polar surface area (TPSA) is 106 Å². The molecule has 2 aromatic rings. The molecule has 7 heteroatoms. The van der Waals surface area contributed by atoms with E-state index in [4.69, 9.17) is 5.73 Å². The maximum Gasteiger partial charge on any atom is 0.240 e. The fraction of sp³-hybridized carbons (Fsp3) is 0.222. The van der Waals surface area contributed by atoms with Gasteiger partial charge in [0.05, 0.1) is 11.7 Å². The standard InChI is InChI=1S/C18H20N2O4S/c1-13(18(22)20-25(23,24)11-10-19)15-8-5-9-16(12-15)17(21)14-6-3-2-4-7-14/h2-9,12-13H,10-11,19H2,1H3,(H,20,22). The monoisotopic (exact) mass is 360 g/mol. The number of ketones is 1. The Hall–Kier alpha value is -2.51. The van der Waals surface area contributed by atoms with Crippen molar-refractivity contribution in [2.45, 2.75) is 12.8 Å². The molecule has 1 unspecified atom stereocenters. The van der Waals surface area contributed by atoms with Crippen LogP contribution in [0.4, 0.5) is 0 Å². The Balaban J connectivity index is 2.20. The summed E-state index contributed by atoms with van der Waals surface area (Å²) in [7, 11) is -3.74. The molecule has 0 aliphatic rings. The molecule has 0 fully saturated rings. The van der Waals surface area contributed by atoms with Crippen LogP contribution in [0.1, 0.15) is 34.3 Å². The number of rotatable bonds is 7. The number of hydrogen-bond acceptors (Lipinski definition) is 5. The highest BCUT2D eigenvalue weighted by atomic mass is 32.2. The molecule has 1 amide bonds. The van der Waals surface area contributed by atoms with E-state index in [0.717, 1.165) is 0 Å². The third kappa shape index (κ3) is 4.98. The van der Waals surface area contributed by atoms with Gasteiger partial charge in [0, 0.05) is 17.7 Å². The average molecular weight is 360 g/mol. The van der Waals surface area contributed by atoms with Crippen LogP contribution in [-0.4, -0.2) is 32.4 Å². The lowest BCUT2D eigenvalue weighted by atomic mass is 9.95. The van der Waals surface area contributed by atoms with Crippen LogP contribution in [0.15, 0.2) is 54.6 Å².